The summed E-state index contributed by atoms with van der Waals surface area (Å²) in [6, 6.07) is 9.49. The van der Waals surface area contributed by atoms with Gasteiger partial charge in [0.05, 0.1) is 18.2 Å². The van der Waals surface area contributed by atoms with Gasteiger partial charge in [0.2, 0.25) is 0 Å². The molecule has 0 aliphatic carbocycles. The molecule has 1 N–H and O–H groups in total. The first-order valence-electron chi connectivity index (χ1n) is 9.44. The number of hydrogen-bond acceptors (Lipinski definition) is 6. The Bertz CT molecular complexity index is 1030. The predicted molar refractivity (Wildman–Crippen MR) is 105 cm³/mol. The molecule has 2 aliphatic heterocycles. The van der Waals surface area contributed by atoms with Crippen LogP contribution in [0.2, 0.25) is 0 Å². The summed E-state index contributed by atoms with van der Waals surface area (Å²) in [5.74, 6) is -1.75. The van der Waals surface area contributed by atoms with Gasteiger partial charge in [-0.2, -0.15) is 0 Å². The fraction of sp³-hybridized carbons (Fsp3) is 0.273. The number of ether oxygens (including phenoxy) is 3. The lowest BCUT2D eigenvalue weighted by molar-refractivity contribution is -0.140. The number of halogens is 1. The van der Waals surface area contributed by atoms with Gasteiger partial charge in [-0.15, -0.1) is 0 Å². The molecule has 2 aromatic carbocycles. The Kier molecular flexibility index (Phi) is 5.41. The molecule has 1 saturated heterocycles. The molecular weight excluding hydrogens is 393 g/mol. The number of benzene rings is 2. The highest BCUT2D eigenvalue weighted by atomic mass is 19.1. The molecule has 0 radical (unpaired) electrons. The summed E-state index contributed by atoms with van der Waals surface area (Å²) in [6.45, 7) is 0.990. The molecule has 0 spiro atoms. The highest BCUT2D eigenvalue weighted by Crippen LogP contribution is 2.41. The van der Waals surface area contributed by atoms with Crippen molar-refractivity contribution in [2.45, 2.75) is 6.04 Å². The number of aliphatic hydroxyl groups excluding tert-OH is 1. The van der Waals surface area contributed by atoms with Crippen molar-refractivity contribution in [3.8, 4) is 11.5 Å². The Morgan fingerprint density at radius 2 is 1.90 bits per heavy atom. The molecule has 0 aromatic heterocycles. The lowest BCUT2D eigenvalue weighted by Crippen LogP contribution is -2.33. The SMILES string of the molecule is COCCN1C(=O)C(=O)C(=C(O)c2ccc3c(c2)OCCO3)[C@@H]1c1ccccc1F. The van der Waals surface area contributed by atoms with Crippen LogP contribution in [-0.4, -0.2) is 55.2 Å². The van der Waals surface area contributed by atoms with Gasteiger partial charge in [0.15, 0.2) is 11.5 Å². The van der Waals surface area contributed by atoms with Gasteiger partial charge in [-0.05, 0) is 24.3 Å². The molecule has 2 heterocycles. The summed E-state index contributed by atoms with van der Waals surface area (Å²) in [6.07, 6.45) is 0. The van der Waals surface area contributed by atoms with Crippen molar-refractivity contribution >= 4 is 17.4 Å². The molecule has 1 amide bonds. The fourth-order valence-electron chi connectivity index (χ4n) is 3.67. The van der Waals surface area contributed by atoms with Gasteiger partial charge in [-0.1, -0.05) is 18.2 Å². The summed E-state index contributed by atoms with van der Waals surface area (Å²) in [5, 5.41) is 11.0. The number of Topliss-reactive ketones (excluding diaryl/α,β-unsaturated/α-hetero) is 1. The van der Waals surface area contributed by atoms with Crippen molar-refractivity contribution in [3.63, 3.8) is 0 Å². The standard InChI is InChI=1S/C22H20FNO6/c1-28-9-8-24-19(14-4-2-3-5-15(14)23)18(21(26)22(24)27)20(25)13-6-7-16-17(12-13)30-11-10-29-16/h2-7,12,19,25H,8-11H2,1H3/t19-/m0/s1. The zero-order valence-electron chi connectivity index (χ0n) is 16.3. The Balaban J connectivity index is 1.85. The molecule has 1 atom stereocenters. The van der Waals surface area contributed by atoms with Gasteiger partial charge in [0.25, 0.3) is 11.7 Å². The number of ketones is 1. The minimum atomic E-state index is -1.07. The molecule has 4 rings (SSSR count). The largest absolute Gasteiger partial charge is 0.507 e. The van der Waals surface area contributed by atoms with Crippen LogP contribution in [0.15, 0.2) is 48.0 Å². The van der Waals surface area contributed by atoms with Gasteiger partial charge in [0.1, 0.15) is 24.8 Å². The van der Waals surface area contributed by atoms with Crippen LogP contribution in [0.5, 0.6) is 11.5 Å². The molecule has 0 saturated carbocycles. The van der Waals surface area contributed by atoms with Gasteiger partial charge in [-0.3, -0.25) is 9.59 Å². The molecule has 156 valence electrons. The van der Waals surface area contributed by atoms with Crippen LogP contribution in [0.4, 0.5) is 4.39 Å². The Labute approximate surface area is 172 Å². The van der Waals surface area contributed by atoms with Crippen molar-refractivity contribution in [2.24, 2.45) is 0 Å². The van der Waals surface area contributed by atoms with E-state index >= 15 is 0 Å². The van der Waals surface area contributed by atoms with E-state index in [0.29, 0.717) is 24.7 Å². The quantitative estimate of drug-likeness (QED) is 0.461. The van der Waals surface area contributed by atoms with Crippen LogP contribution in [0.25, 0.3) is 5.76 Å². The van der Waals surface area contributed by atoms with Gasteiger partial charge in [-0.25, -0.2) is 4.39 Å². The summed E-state index contributed by atoms with van der Waals surface area (Å²) in [7, 11) is 1.46. The Morgan fingerprint density at radius 3 is 2.63 bits per heavy atom. The number of likely N-dealkylation sites (tertiary alicyclic amines) is 1. The number of amides is 1. The molecule has 1 fully saturated rings. The molecule has 0 bridgehead atoms. The third-order valence-corrected chi connectivity index (χ3v) is 5.09. The lowest BCUT2D eigenvalue weighted by atomic mass is 9.95. The monoisotopic (exact) mass is 413 g/mol. The minimum absolute atomic E-state index is 0.0675. The number of fused-ring (bicyclic) bond motifs is 1. The molecule has 2 aliphatic rings. The summed E-state index contributed by atoms with van der Waals surface area (Å²) in [5.41, 5.74) is 0.204. The van der Waals surface area contributed by atoms with Crippen LogP contribution in [0.1, 0.15) is 17.2 Å². The van der Waals surface area contributed by atoms with E-state index in [2.05, 4.69) is 0 Å². The third kappa shape index (κ3) is 3.39. The fourth-order valence-corrected chi connectivity index (χ4v) is 3.67. The zero-order chi connectivity index (χ0) is 21.3. The number of carbonyl (C=O) groups excluding carboxylic acids is 2. The van der Waals surface area contributed by atoms with E-state index in [-0.39, 0.29) is 29.9 Å². The maximum atomic E-state index is 14.6. The van der Waals surface area contributed by atoms with Crippen LogP contribution >= 0.6 is 0 Å². The first-order valence-corrected chi connectivity index (χ1v) is 9.44. The van der Waals surface area contributed by atoms with Crippen molar-refractivity contribution < 1.29 is 33.3 Å². The number of aliphatic hydroxyl groups is 1. The number of nitrogens with zero attached hydrogens (tertiary/aromatic N) is 1. The smallest absolute Gasteiger partial charge is 0.295 e. The topological polar surface area (TPSA) is 85.3 Å². The molecular formula is C22H20FNO6. The molecule has 2 aromatic rings. The van der Waals surface area contributed by atoms with E-state index in [1.54, 1.807) is 18.2 Å². The average Bonchev–Trinajstić information content (AvgIpc) is 3.01. The Morgan fingerprint density at radius 1 is 1.17 bits per heavy atom. The highest BCUT2D eigenvalue weighted by molar-refractivity contribution is 6.46. The van der Waals surface area contributed by atoms with Crippen LogP contribution in [0, 0.1) is 5.82 Å². The van der Waals surface area contributed by atoms with E-state index in [1.807, 2.05) is 0 Å². The third-order valence-electron chi connectivity index (χ3n) is 5.09. The van der Waals surface area contributed by atoms with E-state index in [1.165, 1.54) is 36.3 Å². The second-order valence-electron chi connectivity index (χ2n) is 6.87. The van der Waals surface area contributed by atoms with Crippen LogP contribution in [0.3, 0.4) is 0 Å². The number of rotatable bonds is 5. The predicted octanol–water partition coefficient (Wildman–Crippen LogP) is 2.67. The second-order valence-corrected chi connectivity index (χ2v) is 6.87. The molecule has 30 heavy (non-hydrogen) atoms. The molecule has 7 nitrogen and oxygen atoms in total. The average molecular weight is 413 g/mol. The lowest BCUT2D eigenvalue weighted by Gasteiger charge is -2.25. The van der Waals surface area contributed by atoms with Gasteiger partial charge >= 0.3 is 0 Å². The first-order chi connectivity index (χ1) is 14.5. The number of hydrogen-bond donors (Lipinski definition) is 1. The molecule has 8 heteroatoms. The van der Waals surface area contributed by atoms with E-state index < -0.39 is 29.3 Å². The maximum Gasteiger partial charge on any atom is 0.295 e. The van der Waals surface area contributed by atoms with Crippen molar-refractivity contribution in [3.05, 3.63) is 65.0 Å². The maximum absolute atomic E-state index is 14.6. The summed E-state index contributed by atoms with van der Waals surface area (Å²) in [4.78, 5) is 26.8. The van der Waals surface area contributed by atoms with E-state index in [0.717, 1.165) is 0 Å². The van der Waals surface area contributed by atoms with E-state index in [4.69, 9.17) is 14.2 Å². The molecule has 0 unspecified atom stereocenters. The van der Waals surface area contributed by atoms with Crippen LogP contribution in [-0.2, 0) is 14.3 Å². The second kappa shape index (κ2) is 8.16. The number of methoxy groups -OCH3 is 1. The highest BCUT2D eigenvalue weighted by Gasteiger charge is 2.46. The summed E-state index contributed by atoms with van der Waals surface area (Å²) < 4.78 is 30.7. The van der Waals surface area contributed by atoms with Crippen molar-refractivity contribution in [1.29, 1.82) is 0 Å². The first kappa shape index (κ1) is 19.9. The minimum Gasteiger partial charge on any atom is -0.507 e. The number of carbonyl (C=O) groups is 2. The Hall–Kier alpha value is -3.39. The van der Waals surface area contributed by atoms with Crippen molar-refractivity contribution in [2.75, 3.05) is 33.5 Å². The van der Waals surface area contributed by atoms with Crippen LogP contribution < -0.4 is 9.47 Å². The van der Waals surface area contributed by atoms with E-state index in [9.17, 15) is 19.1 Å². The summed E-state index contributed by atoms with van der Waals surface area (Å²) >= 11 is 0. The normalized spacial score (nSPS) is 19.9. The van der Waals surface area contributed by atoms with Crippen molar-refractivity contribution in [1.82, 2.24) is 4.90 Å². The van der Waals surface area contributed by atoms with Gasteiger partial charge < -0.3 is 24.2 Å². The zero-order valence-corrected chi connectivity index (χ0v) is 16.3. The van der Waals surface area contributed by atoms with Gasteiger partial charge in [0, 0.05) is 24.8 Å².